The largest absolute Gasteiger partial charge is 0.381 e. The van der Waals surface area contributed by atoms with Crippen molar-refractivity contribution in [2.75, 3.05) is 13.2 Å². The molecule has 0 amide bonds. The lowest BCUT2D eigenvalue weighted by molar-refractivity contribution is -0.0221. The zero-order chi connectivity index (χ0) is 5.82. The molecule has 0 aromatic rings. The van der Waals surface area contributed by atoms with Gasteiger partial charge in [-0.2, -0.15) is 0 Å². The topological polar surface area (TPSA) is 9.23 Å². The highest BCUT2D eigenvalue weighted by atomic mass is 16.5. The summed E-state index contributed by atoms with van der Waals surface area (Å²) in [7, 11) is 0. The molecule has 1 aliphatic heterocycles. The molecule has 1 heterocycles. The van der Waals surface area contributed by atoms with Gasteiger partial charge in [-0.15, -0.1) is 0 Å². The van der Waals surface area contributed by atoms with Gasteiger partial charge >= 0.3 is 0 Å². The maximum atomic E-state index is 4.83. The second kappa shape index (κ2) is 2.88. The summed E-state index contributed by atoms with van der Waals surface area (Å²) in [4.78, 5) is 0. The van der Waals surface area contributed by atoms with Crippen LogP contribution in [0.5, 0.6) is 0 Å². The normalized spacial score (nSPS) is 23.1. The Kier molecular flexibility index (Phi) is 2.10. The van der Waals surface area contributed by atoms with Gasteiger partial charge in [0.1, 0.15) is 0 Å². The van der Waals surface area contributed by atoms with Gasteiger partial charge in [0.05, 0.1) is 13.2 Å². The van der Waals surface area contributed by atoms with E-state index in [-0.39, 0.29) is 0 Å². The third kappa shape index (κ3) is 2.80. The third-order valence-corrected chi connectivity index (χ3v) is 1.04. The van der Waals surface area contributed by atoms with Crippen molar-refractivity contribution >= 4 is 0 Å². The summed E-state index contributed by atoms with van der Waals surface area (Å²) in [5.74, 6) is 0.843. The Morgan fingerprint density at radius 2 is 1.75 bits per heavy atom. The van der Waals surface area contributed by atoms with Gasteiger partial charge in [-0.25, -0.2) is 0 Å². The van der Waals surface area contributed by atoms with Crippen LogP contribution in [0.2, 0.25) is 0 Å². The molecular formula is C7H12O. The highest BCUT2D eigenvalue weighted by Gasteiger charge is 2.09. The molecule has 0 N–H and O–H groups in total. The molecule has 2 aliphatic rings. The summed E-state index contributed by atoms with van der Waals surface area (Å²) < 4.78 is 4.83. The standard InChI is InChI=1S/C4H8O.C3H4/c1-4-2-5-3-4;1-2-3-1/h4H,2-3H2,1H3;1-2H,3H2. The van der Waals surface area contributed by atoms with Crippen LogP contribution in [0.1, 0.15) is 13.3 Å². The predicted molar refractivity (Wildman–Crippen MR) is 33.7 cm³/mol. The molecule has 46 valence electrons. The maximum Gasteiger partial charge on any atom is 0.0513 e. The Morgan fingerprint density at radius 1 is 1.38 bits per heavy atom. The Morgan fingerprint density at radius 3 is 1.75 bits per heavy atom. The molecule has 0 unspecified atom stereocenters. The minimum Gasteiger partial charge on any atom is -0.381 e. The first-order valence-corrected chi connectivity index (χ1v) is 3.12. The van der Waals surface area contributed by atoms with Gasteiger partial charge in [0.25, 0.3) is 0 Å². The summed E-state index contributed by atoms with van der Waals surface area (Å²) in [6.45, 7) is 4.16. The molecule has 0 aromatic heterocycles. The first-order chi connectivity index (χ1) is 3.89. The molecule has 0 radical (unpaired) electrons. The Hall–Kier alpha value is -0.300. The van der Waals surface area contributed by atoms with Gasteiger partial charge in [0, 0.05) is 5.92 Å². The smallest absolute Gasteiger partial charge is 0.0513 e. The molecule has 0 saturated carbocycles. The van der Waals surface area contributed by atoms with Gasteiger partial charge in [-0.05, 0) is 6.42 Å². The summed E-state index contributed by atoms with van der Waals surface area (Å²) in [5.41, 5.74) is 0. The van der Waals surface area contributed by atoms with Gasteiger partial charge in [-0.1, -0.05) is 19.1 Å². The molecule has 1 aliphatic carbocycles. The number of hydrogen-bond acceptors (Lipinski definition) is 1. The van der Waals surface area contributed by atoms with Crippen LogP contribution < -0.4 is 0 Å². The Labute approximate surface area is 50.3 Å². The summed E-state index contributed by atoms with van der Waals surface area (Å²) in [5, 5.41) is 0. The van der Waals surface area contributed by atoms with Gasteiger partial charge < -0.3 is 4.74 Å². The quantitative estimate of drug-likeness (QED) is 0.432. The van der Waals surface area contributed by atoms with Crippen molar-refractivity contribution in [1.82, 2.24) is 0 Å². The molecule has 1 saturated heterocycles. The van der Waals surface area contributed by atoms with Crippen LogP contribution in [0.4, 0.5) is 0 Å². The van der Waals surface area contributed by atoms with E-state index in [0.29, 0.717) is 0 Å². The maximum absolute atomic E-state index is 4.83. The molecular weight excluding hydrogens is 100 g/mol. The van der Waals surface area contributed by atoms with E-state index in [4.69, 9.17) is 4.74 Å². The highest BCUT2D eigenvalue weighted by molar-refractivity contribution is 5.02. The van der Waals surface area contributed by atoms with Gasteiger partial charge in [-0.3, -0.25) is 0 Å². The van der Waals surface area contributed by atoms with Crippen molar-refractivity contribution in [3.05, 3.63) is 12.2 Å². The van der Waals surface area contributed by atoms with Crippen molar-refractivity contribution in [3.63, 3.8) is 0 Å². The molecule has 8 heavy (non-hydrogen) atoms. The molecule has 0 spiro atoms. The van der Waals surface area contributed by atoms with Crippen LogP contribution in [-0.4, -0.2) is 13.2 Å². The van der Waals surface area contributed by atoms with E-state index in [1.807, 2.05) is 0 Å². The van der Waals surface area contributed by atoms with Crippen LogP contribution >= 0.6 is 0 Å². The summed E-state index contributed by atoms with van der Waals surface area (Å²) in [6, 6.07) is 0. The van der Waals surface area contributed by atoms with E-state index in [1.54, 1.807) is 0 Å². The number of hydrogen-bond donors (Lipinski definition) is 0. The van der Waals surface area contributed by atoms with Crippen molar-refractivity contribution in [3.8, 4) is 0 Å². The molecule has 1 nitrogen and oxygen atoms in total. The summed E-state index contributed by atoms with van der Waals surface area (Å²) in [6.07, 6.45) is 5.50. The van der Waals surface area contributed by atoms with E-state index in [1.165, 1.54) is 6.42 Å². The van der Waals surface area contributed by atoms with Crippen molar-refractivity contribution < 1.29 is 4.74 Å². The molecule has 1 heteroatoms. The molecule has 0 bridgehead atoms. The van der Waals surface area contributed by atoms with Gasteiger partial charge in [0.2, 0.25) is 0 Å². The van der Waals surface area contributed by atoms with Crippen LogP contribution in [0.3, 0.4) is 0 Å². The van der Waals surface area contributed by atoms with Crippen LogP contribution in [-0.2, 0) is 4.74 Å². The van der Waals surface area contributed by atoms with Crippen molar-refractivity contribution in [2.24, 2.45) is 5.92 Å². The van der Waals surface area contributed by atoms with Crippen molar-refractivity contribution in [2.45, 2.75) is 13.3 Å². The van der Waals surface area contributed by atoms with Crippen LogP contribution in [0.25, 0.3) is 0 Å². The molecule has 0 atom stereocenters. The van der Waals surface area contributed by atoms with Gasteiger partial charge in [0.15, 0.2) is 0 Å². The number of allylic oxidation sites excluding steroid dienone is 2. The van der Waals surface area contributed by atoms with Crippen molar-refractivity contribution in [1.29, 1.82) is 0 Å². The number of ether oxygens (including phenoxy) is 1. The van der Waals surface area contributed by atoms with E-state index in [0.717, 1.165) is 19.1 Å². The lowest BCUT2D eigenvalue weighted by Crippen LogP contribution is -2.23. The van der Waals surface area contributed by atoms with E-state index < -0.39 is 0 Å². The van der Waals surface area contributed by atoms with E-state index in [9.17, 15) is 0 Å². The lowest BCUT2D eigenvalue weighted by atomic mass is 10.2. The third-order valence-electron chi connectivity index (χ3n) is 1.04. The zero-order valence-corrected chi connectivity index (χ0v) is 5.26. The minimum absolute atomic E-state index is 0.843. The molecule has 2 rings (SSSR count). The zero-order valence-electron chi connectivity index (χ0n) is 5.26. The fourth-order valence-electron chi connectivity index (χ4n) is 0.354. The molecule has 1 fully saturated rings. The predicted octanol–water partition coefficient (Wildman–Crippen LogP) is 1.60. The SMILES string of the molecule is C1=CC1.CC1COC1. The van der Waals surface area contributed by atoms with Crippen LogP contribution in [0, 0.1) is 5.92 Å². The first-order valence-electron chi connectivity index (χ1n) is 3.12. The highest BCUT2D eigenvalue weighted by Crippen LogP contribution is 2.05. The fourth-order valence-corrected chi connectivity index (χ4v) is 0.354. The first kappa shape index (κ1) is 5.83. The Balaban J connectivity index is 0.0000000907. The van der Waals surface area contributed by atoms with E-state index in [2.05, 4.69) is 19.1 Å². The second-order valence-electron chi connectivity index (χ2n) is 2.35. The second-order valence-corrected chi connectivity index (χ2v) is 2.35. The average Bonchev–Trinajstić information content (AvgIpc) is 2.41. The van der Waals surface area contributed by atoms with E-state index >= 15 is 0 Å². The Bertz CT molecular complexity index is 78.4. The fraction of sp³-hybridized carbons (Fsp3) is 0.714. The number of rotatable bonds is 0. The molecule has 0 aromatic carbocycles. The summed E-state index contributed by atoms with van der Waals surface area (Å²) >= 11 is 0. The monoisotopic (exact) mass is 112 g/mol. The average molecular weight is 112 g/mol. The minimum atomic E-state index is 0.843. The lowest BCUT2D eigenvalue weighted by Gasteiger charge is -2.20. The van der Waals surface area contributed by atoms with Crippen LogP contribution in [0.15, 0.2) is 12.2 Å².